The highest BCUT2D eigenvalue weighted by molar-refractivity contribution is 6.31. The first kappa shape index (κ1) is 17.3. The van der Waals surface area contributed by atoms with E-state index in [4.69, 9.17) is 16.3 Å². The number of ether oxygens (including phenoxy) is 1. The van der Waals surface area contributed by atoms with E-state index in [1.807, 2.05) is 25.1 Å². The molecular formula is C19H19ClN2O3. The highest BCUT2D eigenvalue weighted by atomic mass is 35.5. The maximum atomic E-state index is 12.6. The van der Waals surface area contributed by atoms with E-state index in [9.17, 15) is 9.59 Å². The van der Waals surface area contributed by atoms with E-state index < -0.39 is 5.92 Å². The Hall–Kier alpha value is -2.53. The van der Waals surface area contributed by atoms with Gasteiger partial charge in [-0.1, -0.05) is 29.8 Å². The van der Waals surface area contributed by atoms with Crippen molar-refractivity contribution in [3.05, 3.63) is 53.6 Å². The highest BCUT2D eigenvalue weighted by Gasteiger charge is 2.35. The standard InChI is InChI=1S/C19H19ClN2O3/c1-2-25-17-9-4-3-8-16(17)21-19(24)13-10-18(23)22(12-13)15-7-5-6-14(20)11-15/h3-9,11,13H,2,10,12H2,1H3,(H,21,24)/t13-/m0/s1. The van der Waals surface area contributed by atoms with E-state index in [2.05, 4.69) is 5.32 Å². The first-order valence-electron chi connectivity index (χ1n) is 8.17. The van der Waals surface area contributed by atoms with Crippen molar-refractivity contribution in [1.82, 2.24) is 0 Å². The fourth-order valence-corrected chi connectivity index (χ4v) is 3.05. The maximum absolute atomic E-state index is 12.6. The predicted octanol–water partition coefficient (Wildman–Crippen LogP) is 3.73. The second-order valence-electron chi connectivity index (χ2n) is 5.80. The Morgan fingerprint density at radius 3 is 2.84 bits per heavy atom. The quantitative estimate of drug-likeness (QED) is 0.886. The number of rotatable bonds is 5. The second kappa shape index (κ2) is 7.57. The van der Waals surface area contributed by atoms with Crippen LogP contribution in [0.4, 0.5) is 11.4 Å². The van der Waals surface area contributed by atoms with Crippen molar-refractivity contribution in [2.24, 2.45) is 5.92 Å². The molecule has 0 radical (unpaired) electrons. The van der Waals surface area contributed by atoms with Crippen LogP contribution in [0.3, 0.4) is 0 Å². The van der Waals surface area contributed by atoms with Gasteiger partial charge in [0.2, 0.25) is 11.8 Å². The summed E-state index contributed by atoms with van der Waals surface area (Å²) in [5, 5.41) is 3.43. The Kier molecular flexibility index (Phi) is 5.24. The molecule has 1 fully saturated rings. The first-order valence-corrected chi connectivity index (χ1v) is 8.55. The van der Waals surface area contributed by atoms with E-state index in [1.54, 1.807) is 35.2 Å². The van der Waals surface area contributed by atoms with Crippen molar-refractivity contribution in [2.45, 2.75) is 13.3 Å². The number of anilines is 2. The predicted molar refractivity (Wildman–Crippen MR) is 98.2 cm³/mol. The fourth-order valence-electron chi connectivity index (χ4n) is 2.86. The minimum absolute atomic E-state index is 0.0829. The normalized spacial score (nSPS) is 16.8. The lowest BCUT2D eigenvalue weighted by atomic mass is 10.1. The topological polar surface area (TPSA) is 58.6 Å². The number of nitrogens with zero attached hydrogens (tertiary/aromatic N) is 1. The fraction of sp³-hybridized carbons (Fsp3) is 0.263. The van der Waals surface area contributed by atoms with Crippen molar-refractivity contribution >= 4 is 34.8 Å². The Bertz CT molecular complexity index is 794. The Morgan fingerprint density at radius 1 is 1.28 bits per heavy atom. The highest BCUT2D eigenvalue weighted by Crippen LogP contribution is 2.29. The molecule has 0 aliphatic carbocycles. The van der Waals surface area contributed by atoms with Crippen LogP contribution in [0.5, 0.6) is 5.75 Å². The molecule has 2 aromatic carbocycles. The molecule has 1 heterocycles. The number of carbonyl (C=O) groups is 2. The summed E-state index contributed by atoms with van der Waals surface area (Å²) in [6, 6.07) is 14.3. The van der Waals surface area contributed by atoms with E-state index in [1.165, 1.54) is 0 Å². The average Bonchev–Trinajstić information content (AvgIpc) is 2.99. The van der Waals surface area contributed by atoms with Crippen LogP contribution in [-0.4, -0.2) is 25.0 Å². The van der Waals surface area contributed by atoms with E-state index >= 15 is 0 Å². The number of carbonyl (C=O) groups excluding carboxylic acids is 2. The van der Waals surface area contributed by atoms with Crippen molar-refractivity contribution in [2.75, 3.05) is 23.4 Å². The summed E-state index contributed by atoms with van der Waals surface area (Å²) in [5.74, 6) is -0.0684. The number of hydrogen-bond acceptors (Lipinski definition) is 3. The maximum Gasteiger partial charge on any atom is 0.229 e. The molecule has 1 saturated heterocycles. The van der Waals surface area contributed by atoms with Crippen LogP contribution < -0.4 is 15.0 Å². The van der Waals surface area contributed by atoms with Crippen molar-refractivity contribution in [1.29, 1.82) is 0 Å². The van der Waals surface area contributed by atoms with Gasteiger partial charge in [-0.15, -0.1) is 0 Å². The van der Waals surface area contributed by atoms with Crippen LogP contribution in [0.2, 0.25) is 5.02 Å². The number of hydrogen-bond donors (Lipinski definition) is 1. The molecule has 2 aromatic rings. The van der Waals surface area contributed by atoms with E-state index in [0.717, 1.165) is 0 Å². The summed E-state index contributed by atoms with van der Waals surface area (Å²) in [7, 11) is 0. The molecule has 130 valence electrons. The molecule has 5 nitrogen and oxygen atoms in total. The third kappa shape index (κ3) is 3.94. The molecular weight excluding hydrogens is 340 g/mol. The summed E-state index contributed by atoms with van der Waals surface area (Å²) >= 11 is 5.99. The molecule has 0 aromatic heterocycles. The van der Waals surface area contributed by atoms with Gasteiger partial charge in [0.05, 0.1) is 18.2 Å². The minimum atomic E-state index is -0.416. The molecule has 1 N–H and O–H groups in total. The smallest absolute Gasteiger partial charge is 0.229 e. The number of amides is 2. The Morgan fingerprint density at radius 2 is 2.08 bits per heavy atom. The van der Waals surface area contributed by atoms with E-state index in [-0.39, 0.29) is 18.2 Å². The lowest BCUT2D eigenvalue weighted by molar-refractivity contribution is -0.122. The monoisotopic (exact) mass is 358 g/mol. The molecule has 1 aliphatic rings. The lowest BCUT2D eigenvalue weighted by Crippen LogP contribution is -2.28. The first-order chi connectivity index (χ1) is 12.1. The lowest BCUT2D eigenvalue weighted by Gasteiger charge is -2.17. The number of halogens is 1. The third-order valence-corrected chi connectivity index (χ3v) is 4.30. The minimum Gasteiger partial charge on any atom is -0.492 e. The largest absolute Gasteiger partial charge is 0.492 e. The van der Waals surface area contributed by atoms with Crippen molar-refractivity contribution in [3.63, 3.8) is 0 Å². The zero-order valence-electron chi connectivity index (χ0n) is 13.9. The summed E-state index contributed by atoms with van der Waals surface area (Å²) in [6.45, 7) is 2.73. The zero-order chi connectivity index (χ0) is 17.8. The molecule has 0 spiro atoms. The zero-order valence-corrected chi connectivity index (χ0v) is 14.6. The van der Waals surface area contributed by atoms with Gasteiger partial charge in [-0.3, -0.25) is 9.59 Å². The third-order valence-electron chi connectivity index (χ3n) is 4.06. The van der Waals surface area contributed by atoms with Gasteiger partial charge in [0.15, 0.2) is 0 Å². The molecule has 6 heteroatoms. The average molecular weight is 359 g/mol. The van der Waals surface area contributed by atoms with Crippen LogP contribution in [-0.2, 0) is 9.59 Å². The van der Waals surface area contributed by atoms with Gasteiger partial charge in [0.1, 0.15) is 5.75 Å². The van der Waals surface area contributed by atoms with Gasteiger partial charge in [-0.2, -0.15) is 0 Å². The van der Waals surface area contributed by atoms with Gasteiger partial charge in [0.25, 0.3) is 0 Å². The summed E-state index contributed by atoms with van der Waals surface area (Å²) < 4.78 is 5.52. The van der Waals surface area contributed by atoms with Gasteiger partial charge < -0.3 is 15.0 Å². The van der Waals surface area contributed by atoms with Gasteiger partial charge >= 0.3 is 0 Å². The Balaban J connectivity index is 1.71. The number of nitrogens with one attached hydrogen (secondary N) is 1. The van der Waals surface area contributed by atoms with Crippen LogP contribution in [0, 0.1) is 5.92 Å². The van der Waals surface area contributed by atoms with Gasteiger partial charge in [-0.05, 0) is 37.3 Å². The number of benzene rings is 2. The van der Waals surface area contributed by atoms with Crippen LogP contribution in [0.1, 0.15) is 13.3 Å². The summed E-state index contributed by atoms with van der Waals surface area (Å²) in [4.78, 5) is 26.5. The molecule has 0 bridgehead atoms. The molecule has 0 saturated carbocycles. The van der Waals surface area contributed by atoms with Crippen molar-refractivity contribution in [3.8, 4) is 5.75 Å². The SMILES string of the molecule is CCOc1ccccc1NC(=O)[C@H]1CC(=O)N(c2cccc(Cl)c2)C1. The van der Waals surface area contributed by atoms with Crippen molar-refractivity contribution < 1.29 is 14.3 Å². The molecule has 0 unspecified atom stereocenters. The molecule has 25 heavy (non-hydrogen) atoms. The summed E-state index contributed by atoms with van der Waals surface area (Å²) in [5.41, 5.74) is 1.32. The van der Waals surface area contributed by atoms with Crippen LogP contribution >= 0.6 is 11.6 Å². The molecule has 1 aliphatic heterocycles. The molecule has 2 amide bonds. The molecule has 3 rings (SSSR count). The van der Waals surface area contributed by atoms with Crippen LogP contribution in [0.25, 0.3) is 0 Å². The number of para-hydroxylation sites is 2. The molecule has 1 atom stereocenters. The van der Waals surface area contributed by atoms with Gasteiger partial charge in [-0.25, -0.2) is 0 Å². The Labute approximate surface area is 151 Å². The second-order valence-corrected chi connectivity index (χ2v) is 6.24. The van der Waals surface area contributed by atoms with E-state index in [0.29, 0.717) is 35.3 Å². The van der Waals surface area contributed by atoms with Crippen LogP contribution in [0.15, 0.2) is 48.5 Å². The van der Waals surface area contributed by atoms with Gasteiger partial charge in [0, 0.05) is 23.7 Å². The summed E-state index contributed by atoms with van der Waals surface area (Å²) in [6.07, 6.45) is 0.176.